The second-order valence-corrected chi connectivity index (χ2v) is 8.62. The first-order chi connectivity index (χ1) is 16.7. The molecule has 0 radical (unpaired) electrons. The van der Waals surface area contributed by atoms with Gasteiger partial charge in [-0.3, -0.25) is 9.36 Å². The standard InChI is InChI=1S/C26H23N5O3/c1-16-7-8-18(26(32)30-19-9-10-19)11-20(16)31-15-29-24-23(27-14-28-25(24)31)22-13-33-12-21(34-22)17-5-3-2-4-6-17/h2-3,5,7-8,11-15,19H,4,6,9-10H2,1H3,(H,30,32). The summed E-state index contributed by atoms with van der Waals surface area (Å²) in [7, 11) is 0. The summed E-state index contributed by atoms with van der Waals surface area (Å²) in [5.74, 6) is 1.07. The lowest BCUT2D eigenvalue weighted by Gasteiger charge is -2.19. The van der Waals surface area contributed by atoms with Crippen LogP contribution in [0.2, 0.25) is 0 Å². The van der Waals surface area contributed by atoms with E-state index in [0.717, 1.165) is 42.5 Å². The monoisotopic (exact) mass is 453 g/mol. The summed E-state index contributed by atoms with van der Waals surface area (Å²) >= 11 is 0. The maximum Gasteiger partial charge on any atom is 0.251 e. The van der Waals surface area contributed by atoms with E-state index in [-0.39, 0.29) is 5.91 Å². The normalized spacial score (nSPS) is 17.4. The molecule has 1 amide bonds. The van der Waals surface area contributed by atoms with Crippen molar-refractivity contribution in [3.63, 3.8) is 0 Å². The van der Waals surface area contributed by atoms with Gasteiger partial charge < -0.3 is 14.8 Å². The first kappa shape index (κ1) is 20.4. The minimum absolute atomic E-state index is 0.0624. The van der Waals surface area contributed by atoms with Crippen molar-refractivity contribution >= 4 is 22.8 Å². The van der Waals surface area contributed by atoms with Crippen LogP contribution in [0.1, 0.15) is 47.3 Å². The number of fused-ring (bicyclic) bond motifs is 1. The number of benzene rings is 1. The van der Waals surface area contributed by atoms with Gasteiger partial charge in [0.1, 0.15) is 36.4 Å². The molecule has 0 atom stereocenters. The van der Waals surface area contributed by atoms with Crippen molar-refractivity contribution in [1.82, 2.24) is 24.8 Å². The Morgan fingerprint density at radius 2 is 2.03 bits per heavy atom. The zero-order chi connectivity index (χ0) is 23.1. The smallest absolute Gasteiger partial charge is 0.251 e. The minimum atomic E-state index is -0.0624. The quantitative estimate of drug-likeness (QED) is 0.613. The molecule has 0 bridgehead atoms. The Balaban J connectivity index is 1.35. The highest BCUT2D eigenvalue weighted by molar-refractivity contribution is 5.95. The Bertz CT molecular complexity index is 1430. The van der Waals surface area contributed by atoms with E-state index in [0.29, 0.717) is 40.0 Å². The lowest BCUT2D eigenvalue weighted by molar-refractivity contribution is 0.0951. The Morgan fingerprint density at radius 1 is 1.15 bits per heavy atom. The van der Waals surface area contributed by atoms with Crippen LogP contribution in [0.25, 0.3) is 22.6 Å². The zero-order valence-corrected chi connectivity index (χ0v) is 18.7. The number of aromatic nitrogens is 4. The van der Waals surface area contributed by atoms with Crippen LogP contribution in [0.5, 0.6) is 0 Å². The van der Waals surface area contributed by atoms with Crippen LogP contribution in [0.15, 0.2) is 72.9 Å². The molecule has 3 aliphatic rings. The van der Waals surface area contributed by atoms with Gasteiger partial charge in [-0.25, -0.2) is 15.0 Å². The molecule has 8 heteroatoms. The van der Waals surface area contributed by atoms with Crippen LogP contribution in [0.3, 0.4) is 0 Å². The van der Waals surface area contributed by atoms with Crippen LogP contribution < -0.4 is 5.32 Å². The third kappa shape index (κ3) is 3.77. The van der Waals surface area contributed by atoms with E-state index < -0.39 is 0 Å². The average Bonchev–Trinajstić information content (AvgIpc) is 3.59. The summed E-state index contributed by atoms with van der Waals surface area (Å²) in [5.41, 5.74) is 5.27. The van der Waals surface area contributed by atoms with Crippen LogP contribution in [-0.4, -0.2) is 31.5 Å². The summed E-state index contributed by atoms with van der Waals surface area (Å²) in [4.78, 5) is 26.1. The fourth-order valence-corrected chi connectivity index (χ4v) is 4.08. The van der Waals surface area contributed by atoms with Gasteiger partial charge in [-0.15, -0.1) is 0 Å². The van der Waals surface area contributed by atoms with Gasteiger partial charge in [0.25, 0.3) is 5.91 Å². The third-order valence-electron chi connectivity index (χ3n) is 6.11. The molecule has 3 aromatic rings. The molecule has 1 aromatic carbocycles. The Labute approximate surface area is 196 Å². The maximum absolute atomic E-state index is 12.6. The van der Waals surface area contributed by atoms with Crippen LogP contribution in [-0.2, 0) is 9.47 Å². The van der Waals surface area contributed by atoms with Crippen LogP contribution in [0.4, 0.5) is 0 Å². The number of imidazole rings is 1. The molecule has 0 saturated heterocycles. The molecule has 3 heterocycles. The van der Waals surface area contributed by atoms with Crippen molar-refractivity contribution in [3.8, 4) is 5.69 Å². The summed E-state index contributed by atoms with van der Waals surface area (Å²) < 4.78 is 13.6. The number of rotatable bonds is 5. The number of nitrogens with one attached hydrogen (secondary N) is 1. The second kappa shape index (κ2) is 8.30. The van der Waals surface area contributed by atoms with E-state index in [4.69, 9.17) is 9.47 Å². The van der Waals surface area contributed by atoms with E-state index in [1.807, 2.05) is 41.8 Å². The molecule has 1 fully saturated rings. The van der Waals surface area contributed by atoms with Crippen molar-refractivity contribution in [3.05, 3.63) is 89.8 Å². The maximum atomic E-state index is 12.6. The molecule has 1 N–H and O–H groups in total. The molecule has 0 unspecified atom stereocenters. The third-order valence-corrected chi connectivity index (χ3v) is 6.11. The average molecular weight is 454 g/mol. The van der Waals surface area contributed by atoms with Gasteiger partial charge in [-0.1, -0.05) is 24.3 Å². The van der Waals surface area contributed by atoms with Crippen LogP contribution >= 0.6 is 0 Å². The molecule has 170 valence electrons. The molecular weight excluding hydrogens is 430 g/mol. The first-order valence-corrected chi connectivity index (χ1v) is 11.4. The van der Waals surface area contributed by atoms with Crippen LogP contribution in [0, 0.1) is 6.92 Å². The lowest BCUT2D eigenvalue weighted by atomic mass is 10.0. The number of aryl methyl sites for hydroxylation is 1. The fraction of sp³-hybridized carbons (Fsp3) is 0.231. The van der Waals surface area contributed by atoms with E-state index in [1.54, 1.807) is 12.6 Å². The predicted molar refractivity (Wildman–Crippen MR) is 127 cm³/mol. The van der Waals surface area contributed by atoms with Crippen molar-refractivity contribution in [2.75, 3.05) is 0 Å². The van der Waals surface area contributed by atoms with Crippen molar-refractivity contribution < 1.29 is 14.3 Å². The molecule has 8 nitrogen and oxygen atoms in total. The predicted octanol–water partition coefficient (Wildman–Crippen LogP) is 4.48. The molecule has 0 spiro atoms. The molecular formula is C26H23N5O3. The minimum Gasteiger partial charge on any atom is -0.465 e. The van der Waals surface area contributed by atoms with E-state index >= 15 is 0 Å². The molecule has 2 aromatic heterocycles. The molecule has 34 heavy (non-hydrogen) atoms. The number of ether oxygens (including phenoxy) is 2. The summed E-state index contributed by atoms with van der Waals surface area (Å²) in [6.07, 6.45) is 16.4. The first-order valence-electron chi connectivity index (χ1n) is 11.4. The number of nitrogens with zero attached hydrogens (tertiary/aromatic N) is 4. The highest BCUT2D eigenvalue weighted by Crippen LogP contribution is 2.32. The fourth-order valence-electron chi connectivity index (χ4n) is 4.08. The highest BCUT2D eigenvalue weighted by atomic mass is 16.5. The summed E-state index contributed by atoms with van der Waals surface area (Å²) in [6, 6.07) is 5.96. The molecule has 1 saturated carbocycles. The second-order valence-electron chi connectivity index (χ2n) is 8.62. The highest BCUT2D eigenvalue weighted by Gasteiger charge is 2.25. The Kier molecular flexibility index (Phi) is 4.98. The van der Waals surface area contributed by atoms with Crippen molar-refractivity contribution in [2.24, 2.45) is 0 Å². The van der Waals surface area contributed by atoms with E-state index in [2.05, 4.69) is 26.3 Å². The number of carbonyl (C=O) groups excluding carboxylic acids is 1. The Hall–Kier alpha value is -4.20. The summed E-state index contributed by atoms with van der Waals surface area (Å²) in [6.45, 7) is 2.00. The zero-order valence-electron chi connectivity index (χ0n) is 18.7. The van der Waals surface area contributed by atoms with Gasteiger partial charge in [0.15, 0.2) is 17.2 Å². The van der Waals surface area contributed by atoms with Gasteiger partial charge in [0, 0.05) is 11.6 Å². The number of amides is 1. The van der Waals surface area contributed by atoms with Gasteiger partial charge in [0.2, 0.25) is 0 Å². The number of allylic oxidation sites excluding steroid dienone is 4. The molecule has 6 rings (SSSR count). The molecule has 1 aliphatic heterocycles. The van der Waals surface area contributed by atoms with Crippen molar-refractivity contribution in [1.29, 1.82) is 0 Å². The number of carbonyl (C=O) groups is 1. The van der Waals surface area contributed by atoms with E-state index in [9.17, 15) is 4.79 Å². The SMILES string of the molecule is Cc1ccc(C(=O)NC2CC2)cc1-n1cnc2c(C3=COC=C(C4=CC=CCC4)O3)ncnc21. The van der Waals surface area contributed by atoms with Gasteiger partial charge >= 0.3 is 0 Å². The number of hydrogen-bond acceptors (Lipinski definition) is 6. The van der Waals surface area contributed by atoms with Crippen molar-refractivity contribution in [2.45, 2.75) is 38.6 Å². The summed E-state index contributed by atoms with van der Waals surface area (Å²) in [5, 5.41) is 3.04. The van der Waals surface area contributed by atoms with Gasteiger partial charge in [-0.2, -0.15) is 0 Å². The van der Waals surface area contributed by atoms with E-state index in [1.165, 1.54) is 12.6 Å². The van der Waals surface area contributed by atoms with Gasteiger partial charge in [-0.05, 0) is 55.9 Å². The topological polar surface area (TPSA) is 91.2 Å². The largest absolute Gasteiger partial charge is 0.465 e. The lowest BCUT2D eigenvalue weighted by Crippen LogP contribution is -2.25. The van der Waals surface area contributed by atoms with Gasteiger partial charge in [0.05, 0.1) is 5.69 Å². The molecule has 2 aliphatic carbocycles. The Morgan fingerprint density at radius 3 is 2.85 bits per heavy atom. The number of hydrogen-bond donors (Lipinski definition) is 1.